The van der Waals surface area contributed by atoms with Gasteiger partial charge in [0.05, 0.1) is 11.4 Å². The van der Waals surface area contributed by atoms with Crippen LogP contribution in [0.2, 0.25) is 5.02 Å². The zero-order chi connectivity index (χ0) is 21.0. The van der Waals surface area contributed by atoms with E-state index in [1.165, 1.54) is 0 Å². The number of carbonyl (C=O) groups is 4. The van der Waals surface area contributed by atoms with Crippen molar-refractivity contribution < 1.29 is 23.9 Å². The molecule has 0 aliphatic carbocycles. The summed E-state index contributed by atoms with van der Waals surface area (Å²) in [6.07, 6.45) is 1.55. The van der Waals surface area contributed by atoms with E-state index < -0.39 is 17.1 Å². The highest BCUT2D eigenvalue weighted by Gasteiger charge is 2.36. The summed E-state index contributed by atoms with van der Waals surface area (Å²) in [5.74, 6) is -1.03. The topological polar surface area (TPSA) is 107 Å². The first-order valence-corrected chi connectivity index (χ1v) is 9.58. The van der Waals surface area contributed by atoms with Gasteiger partial charge in [-0.3, -0.25) is 24.1 Å². The fraction of sp³-hybridized carbons (Fsp3) is 0.100. The van der Waals surface area contributed by atoms with Crippen LogP contribution >= 0.6 is 23.4 Å². The second kappa shape index (κ2) is 8.93. The van der Waals surface area contributed by atoms with Gasteiger partial charge in [-0.25, -0.2) is 0 Å². The van der Waals surface area contributed by atoms with E-state index in [1.807, 2.05) is 0 Å². The molecule has 0 aromatic heterocycles. The maximum absolute atomic E-state index is 12.6. The van der Waals surface area contributed by atoms with Gasteiger partial charge in [0.15, 0.2) is 12.4 Å². The second-order valence-electron chi connectivity index (χ2n) is 6.02. The summed E-state index contributed by atoms with van der Waals surface area (Å²) in [6, 6.07) is 12.8. The van der Waals surface area contributed by atoms with E-state index in [2.05, 4.69) is 0 Å². The number of amides is 3. The number of hydrogen-bond acceptors (Lipinski definition) is 6. The molecule has 1 fully saturated rings. The number of thioether (sulfide) groups is 1. The number of carbonyl (C=O) groups excluding carboxylic acids is 4. The number of halogens is 1. The predicted octanol–water partition coefficient (Wildman–Crippen LogP) is 3.12. The summed E-state index contributed by atoms with van der Waals surface area (Å²) in [5, 5.41) is -0.0216. The molecule has 7 nitrogen and oxygen atoms in total. The van der Waals surface area contributed by atoms with Crippen LogP contribution in [0.1, 0.15) is 15.9 Å². The number of benzene rings is 2. The van der Waals surface area contributed by atoms with Gasteiger partial charge in [0.2, 0.25) is 0 Å². The molecule has 0 spiro atoms. The zero-order valence-electron chi connectivity index (χ0n) is 15.0. The van der Waals surface area contributed by atoms with Gasteiger partial charge in [0.1, 0.15) is 5.75 Å². The van der Waals surface area contributed by atoms with Crippen molar-refractivity contribution in [2.75, 3.05) is 13.2 Å². The van der Waals surface area contributed by atoms with Gasteiger partial charge in [0, 0.05) is 10.6 Å². The molecule has 9 heteroatoms. The number of Topliss-reactive ketones (excluding diaryl/α,β-unsaturated/α-hetero) is 1. The minimum Gasteiger partial charge on any atom is -0.484 e. The molecule has 3 amide bonds. The van der Waals surface area contributed by atoms with E-state index in [0.29, 0.717) is 21.9 Å². The lowest BCUT2D eigenvalue weighted by atomic mass is 10.1. The average molecular weight is 431 g/mol. The Morgan fingerprint density at radius 3 is 2.34 bits per heavy atom. The molecule has 0 saturated carbocycles. The number of ether oxygens (including phenoxy) is 1. The Morgan fingerprint density at radius 1 is 1.07 bits per heavy atom. The van der Waals surface area contributed by atoms with E-state index in [-0.39, 0.29) is 23.8 Å². The third-order valence-electron chi connectivity index (χ3n) is 3.90. The van der Waals surface area contributed by atoms with Gasteiger partial charge in [-0.05, 0) is 59.8 Å². The Balaban J connectivity index is 1.68. The first-order valence-electron chi connectivity index (χ1n) is 8.39. The van der Waals surface area contributed by atoms with Crippen molar-refractivity contribution in [1.29, 1.82) is 0 Å². The molecule has 29 heavy (non-hydrogen) atoms. The zero-order valence-corrected chi connectivity index (χ0v) is 16.5. The van der Waals surface area contributed by atoms with Crippen molar-refractivity contribution in [1.82, 2.24) is 4.90 Å². The van der Waals surface area contributed by atoms with Crippen LogP contribution < -0.4 is 10.5 Å². The Bertz CT molecular complexity index is 1000. The van der Waals surface area contributed by atoms with Gasteiger partial charge in [0.25, 0.3) is 17.1 Å². The summed E-state index contributed by atoms with van der Waals surface area (Å²) < 4.78 is 5.17. The molecular formula is C20H15ClN2O5S. The fourth-order valence-corrected chi connectivity index (χ4v) is 3.44. The van der Waals surface area contributed by atoms with Crippen LogP contribution in [0.4, 0.5) is 4.79 Å². The first-order chi connectivity index (χ1) is 13.8. The Morgan fingerprint density at radius 2 is 1.72 bits per heavy atom. The largest absolute Gasteiger partial charge is 0.484 e. The van der Waals surface area contributed by atoms with Crippen LogP contribution in [0.15, 0.2) is 53.4 Å². The number of nitrogens with two attached hydrogens (primary N) is 1. The Kier molecular flexibility index (Phi) is 6.36. The minimum atomic E-state index is -0.587. The van der Waals surface area contributed by atoms with Crippen molar-refractivity contribution in [3.8, 4) is 5.75 Å². The van der Waals surface area contributed by atoms with Crippen molar-refractivity contribution in [2.24, 2.45) is 5.73 Å². The molecule has 0 unspecified atom stereocenters. The number of hydrogen-bond donors (Lipinski definition) is 1. The minimum absolute atomic E-state index is 0.213. The summed E-state index contributed by atoms with van der Waals surface area (Å²) in [5.41, 5.74) is 6.04. The molecule has 2 aromatic carbocycles. The lowest BCUT2D eigenvalue weighted by molar-refractivity contribution is -0.122. The fourth-order valence-electron chi connectivity index (χ4n) is 2.47. The average Bonchev–Trinajstić information content (AvgIpc) is 2.95. The molecule has 0 bridgehead atoms. The molecule has 1 saturated heterocycles. The summed E-state index contributed by atoms with van der Waals surface area (Å²) >= 11 is 6.57. The second-order valence-corrected chi connectivity index (χ2v) is 7.45. The lowest BCUT2D eigenvalue weighted by Gasteiger charge is -2.11. The summed E-state index contributed by atoms with van der Waals surface area (Å²) in [4.78, 5) is 49.0. The van der Waals surface area contributed by atoms with Crippen LogP contribution in [0.25, 0.3) is 6.08 Å². The highest BCUT2D eigenvalue weighted by atomic mass is 35.5. The van der Waals surface area contributed by atoms with Gasteiger partial charge in [-0.15, -0.1) is 0 Å². The van der Waals surface area contributed by atoms with Crippen LogP contribution in [0.5, 0.6) is 5.75 Å². The number of imide groups is 1. The van der Waals surface area contributed by atoms with E-state index in [0.717, 1.165) is 16.7 Å². The lowest BCUT2D eigenvalue weighted by Crippen LogP contribution is -2.33. The molecule has 2 N–H and O–H groups in total. The molecule has 1 aliphatic rings. The van der Waals surface area contributed by atoms with Gasteiger partial charge in [-0.1, -0.05) is 23.7 Å². The SMILES string of the molecule is NC(=O)COc1ccc(/C=C2\SC(=O)N(CC(=O)c3ccc(Cl)cc3)C2=O)cc1. The van der Waals surface area contributed by atoms with Crippen LogP contribution in [0, 0.1) is 0 Å². The highest BCUT2D eigenvalue weighted by molar-refractivity contribution is 8.18. The third kappa shape index (κ3) is 5.24. The summed E-state index contributed by atoms with van der Waals surface area (Å²) in [6.45, 7) is -0.580. The molecule has 3 rings (SSSR count). The van der Waals surface area contributed by atoms with E-state index in [9.17, 15) is 19.2 Å². The maximum Gasteiger partial charge on any atom is 0.293 e. The van der Waals surface area contributed by atoms with E-state index in [1.54, 1.807) is 54.6 Å². The van der Waals surface area contributed by atoms with Crippen molar-refractivity contribution in [3.63, 3.8) is 0 Å². The maximum atomic E-state index is 12.6. The number of rotatable bonds is 7. The first kappa shape index (κ1) is 20.6. The highest BCUT2D eigenvalue weighted by Crippen LogP contribution is 2.32. The molecule has 1 heterocycles. The number of ketones is 1. The smallest absolute Gasteiger partial charge is 0.293 e. The van der Waals surface area contributed by atoms with Gasteiger partial charge < -0.3 is 10.5 Å². The number of primary amides is 1. The molecule has 0 radical (unpaired) electrons. The van der Waals surface area contributed by atoms with Crippen molar-refractivity contribution in [3.05, 3.63) is 69.6 Å². The molecule has 0 atom stereocenters. The molecule has 1 aliphatic heterocycles. The van der Waals surface area contributed by atoms with Gasteiger partial charge in [-0.2, -0.15) is 0 Å². The number of nitrogens with zero attached hydrogens (tertiary/aromatic N) is 1. The molecular weight excluding hydrogens is 416 g/mol. The summed E-state index contributed by atoms with van der Waals surface area (Å²) in [7, 11) is 0. The monoisotopic (exact) mass is 430 g/mol. The van der Waals surface area contributed by atoms with E-state index >= 15 is 0 Å². The van der Waals surface area contributed by atoms with Crippen LogP contribution in [0.3, 0.4) is 0 Å². The molecule has 2 aromatic rings. The van der Waals surface area contributed by atoms with Gasteiger partial charge >= 0.3 is 0 Å². The Hall–Kier alpha value is -3.10. The third-order valence-corrected chi connectivity index (χ3v) is 5.06. The Labute approximate surface area is 175 Å². The van der Waals surface area contributed by atoms with Crippen molar-refractivity contribution in [2.45, 2.75) is 0 Å². The van der Waals surface area contributed by atoms with Crippen LogP contribution in [-0.2, 0) is 9.59 Å². The normalized spacial score (nSPS) is 15.1. The quantitative estimate of drug-likeness (QED) is 0.534. The van der Waals surface area contributed by atoms with Crippen molar-refractivity contribution >= 4 is 52.3 Å². The molecule has 148 valence electrons. The predicted molar refractivity (Wildman–Crippen MR) is 110 cm³/mol. The standard InChI is InChI=1S/C20H15ClN2O5S/c21-14-5-3-13(4-6-14)16(24)10-23-19(26)17(29-20(23)27)9-12-1-7-15(8-2-12)28-11-18(22)25/h1-9H,10-11H2,(H2,22,25)/b17-9-. The van der Waals surface area contributed by atoms with E-state index in [4.69, 9.17) is 22.1 Å². The van der Waals surface area contributed by atoms with Crippen LogP contribution in [-0.4, -0.2) is 40.9 Å².